The lowest BCUT2D eigenvalue weighted by Gasteiger charge is -2.16. The normalized spacial score (nSPS) is 11.6. The summed E-state index contributed by atoms with van der Waals surface area (Å²) in [6, 6.07) is 11.0. The number of benzene rings is 1. The predicted octanol–water partition coefficient (Wildman–Crippen LogP) is 0.0578. The molecule has 9 nitrogen and oxygen atoms in total. The molecule has 2 heterocycles. The Hall–Kier alpha value is -3.88. The Morgan fingerprint density at radius 3 is 2.37 bits per heavy atom. The lowest BCUT2D eigenvalue weighted by Crippen LogP contribution is -2.47. The molecule has 0 bridgehead atoms. The van der Waals surface area contributed by atoms with Crippen LogP contribution in [-0.4, -0.2) is 43.4 Å². The SMILES string of the molecule is NC(=O)C(=O)C(Cc1ccccc1)NC(=O)c1ccnn1-c1ncccn1. The molecule has 27 heavy (non-hydrogen) atoms. The third kappa shape index (κ3) is 4.21. The molecule has 1 aromatic carbocycles. The average Bonchev–Trinajstić information content (AvgIpc) is 3.18. The maximum absolute atomic E-state index is 12.7. The Kier molecular flexibility index (Phi) is 5.31. The Labute approximate surface area is 154 Å². The molecule has 0 saturated heterocycles. The van der Waals surface area contributed by atoms with E-state index in [0.29, 0.717) is 0 Å². The molecule has 2 aromatic heterocycles. The van der Waals surface area contributed by atoms with Crippen molar-refractivity contribution < 1.29 is 14.4 Å². The van der Waals surface area contributed by atoms with Crippen molar-refractivity contribution in [3.05, 3.63) is 72.3 Å². The van der Waals surface area contributed by atoms with E-state index in [1.54, 1.807) is 30.3 Å². The van der Waals surface area contributed by atoms with E-state index in [1.807, 2.05) is 6.07 Å². The summed E-state index contributed by atoms with van der Waals surface area (Å²) in [5.74, 6) is -2.39. The van der Waals surface area contributed by atoms with E-state index >= 15 is 0 Å². The van der Waals surface area contributed by atoms with E-state index in [0.717, 1.165) is 5.56 Å². The first-order valence-corrected chi connectivity index (χ1v) is 8.06. The highest BCUT2D eigenvalue weighted by Crippen LogP contribution is 2.08. The van der Waals surface area contributed by atoms with Crippen molar-refractivity contribution in [1.82, 2.24) is 25.1 Å². The van der Waals surface area contributed by atoms with Gasteiger partial charge < -0.3 is 11.1 Å². The largest absolute Gasteiger partial charge is 0.363 e. The van der Waals surface area contributed by atoms with Crippen LogP contribution in [0, 0.1) is 0 Å². The Morgan fingerprint density at radius 1 is 1.00 bits per heavy atom. The summed E-state index contributed by atoms with van der Waals surface area (Å²) in [6.07, 6.45) is 4.57. The van der Waals surface area contributed by atoms with Gasteiger partial charge in [0.1, 0.15) is 11.7 Å². The van der Waals surface area contributed by atoms with Gasteiger partial charge in [0.25, 0.3) is 17.8 Å². The number of primary amides is 1. The number of carbonyl (C=O) groups excluding carboxylic acids is 3. The smallest absolute Gasteiger partial charge is 0.287 e. The van der Waals surface area contributed by atoms with Crippen molar-refractivity contribution in [2.75, 3.05) is 0 Å². The monoisotopic (exact) mass is 364 g/mol. The highest BCUT2D eigenvalue weighted by molar-refractivity contribution is 6.38. The summed E-state index contributed by atoms with van der Waals surface area (Å²) in [7, 11) is 0. The first-order valence-electron chi connectivity index (χ1n) is 8.06. The highest BCUT2D eigenvalue weighted by atomic mass is 16.2. The minimum atomic E-state index is -1.11. The van der Waals surface area contributed by atoms with Crippen molar-refractivity contribution in [3.8, 4) is 5.95 Å². The number of amides is 2. The van der Waals surface area contributed by atoms with E-state index in [2.05, 4.69) is 20.4 Å². The Morgan fingerprint density at radius 2 is 1.70 bits per heavy atom. The van der Waals surface area contributed by atoms with Crippen LogP contribution in [0.4, 0.5) is 0 Å². The molecule has 3 rings (SSSR count). The molecule has 2 amide bonds. The lowest BCUT2D eigenvalue weighted by molar-refractivity contribution is -0.137. The van der Waals surface area contributed by atoms with Crippen LogP contribution in [-0.2, 0) is 16.0 Å². The van der Waals surface area contributed by atoms with Gasteiger partial charge in [0.15, 0.2) is 0 Å². The van der Waals surface area contributed by atoms with Gasteiger partial charge in [-0.05, 0) is 17.7 Å². The minimum absolute atomic E-state index is 0.122. The zero-order valence-electron chi connectivity index (χ0n) is 14.1. The standard InChI is InChI=1S/C18H16N6O3/c19-16(26)15(25)13(11-12-5-2-1-3-6-12)23-17(27)14-7-10-22-24(14)18-20-8-4-9-21-18/h1-10,13H,11H2,(H2,19,26)(H,23,27). The number of rotatable bonds is 7. The number of Topliss-reactive ketones (excluding diaryl/α,β-unsaturated/α-hetero) is 1. The van der Waals surface area contributed by atoms with Gasteiger partial charge in [-0.2, -0.15) is 9.78 Å². The third-order valence-corrected chi connectivity index (χ3v) is 3.76. The van der Waals surface area contributed by atoms with Gasteiger partial charge in [-0.25, -0.2) is 9.97 Å². The van der Waals surface area contributed by atoms with Gasteiger partial charge in [0, 0.05) is 18.8 Å². The van der Waals surface area contributed by atoms with Gasteiger partial charge in [0.2, 0.25) is 5.78 Å². The molecule has 3 N–H and O–H groups in total. The molecule has 0 aliphatic heterocycles. The molecule has 0 radical (unpaired) electrons. The summed E-state index contributed by atoms with van der Waals surface area (Å²) in [5, 5.41) is 6.59. The van der Waals surface area contributed by atoms with Crippen LogP contribution in [0.25, 0.3) is 5.95 Å². The maximum atomic E-state index is 12.7. The summed E-state index contributed by atoms with van der Waals surface area (Å²) in [5.41, 5.74) is 6.03. The van der Waals surface area contributed by atoms with Crippen LogP contribution in [0.5, 0.6) is 0 Å². The molecule has 0 fully saturated rings. The number of hydrogen-bond acceptors (Lipinski definition) is 6. The number of aromatic nitrogens is 4. The van der Waals surface area contributed by atoms with Gasteiger partial charge >= 0.3 is 0 Å². The first-order chi connectivity index (χ1) is 13.1. The van der Waals surface area contributed by atoms with Gasteiger partial charge in [-0.1, -0.05) is 30.3 Å². The number of nitrogens with zero attached hydrogens (tertiary/aromatic N) is 4. The molecule has 3 aromatic rings. The second-order valence-electron chi connectivity index (χ2n) is 5.62. The van der Waals surface area contributed by atoms with Gasteiger partial charge in [-0.3, -0.25) is 14.4 Å². The summed E-state index contributed by atoms with van der Waals surface area (Å²) in [6.45, 7) is 0. The van der Waals surface area contributed by atoms with Crippen molar-refractivity contribution >= 4 is 17.6 Å². The number of nitrogens with two attached hydrogens (primary N) is 1. The van der Waals surface area contributed by atoms with Crippen molar-refractivity contribution in [1.29, 1.82) is 0 Å². The van der Waals surface area contributed by atoms with E-state index < -0.39 is 23.6 Å². The average molecular weight is 364 g/mol. The van der Waals surface area contributed by atoms with Crippen LogP contribution >= 0.6 is 0 Å². The summed E-state index contributed by atoms with van der Waals surface area (Å²) in [4.78, 5) is 44.3. The van der Waals surface area contributed by atoms with Crippen LogP contribution in [0.15, 0.2) is 61.1 Å². The lowest BCUT2D eigenvalue weighted by atomic mass is 10.0. The topological polar surface area (TPSA) is 133 Å². The number of ketones is 1. The molecule has 136 valence electrons. The molecule has 0 aliphatic carbocycles. The van der Waals surface area contributed by atoms with E-state index in [4.69, 9.17) is 5.73 Å². The second-order valence-corrected chi connectivity index (χ2v) is 5.62. The summed E-state index contributed by atoms with van der Waals surface area (Å²) < 4.78 is 1.24. The molecule has 1 atom stereocenters. The molecule has 9 heteroatoms. The van der Waals surface area contributed by atoms with Crippen LogP contribution in [0.1, 0.15) is 16.1 Å². The predicted molar refractivity (Wildman–Crippen MR) is 94.8 cm³/mol. The molecular weight excluding hydrogens is 348 g/mol. The van der Waals surface area contributed by atoms with Gasteiger partial charge in [0.05, 0.1) is 6.20 Å². The summed E-state index contributed by atoms with van der Waals surface area (Å²) >= 11 is 0. The quantitative estimate of drug-likeness (QED) is 0.570. The molecule has 0 saturated carbocycles. The number of hydrogen-bond donors (Lipinski definition) is 2. The Bertz CT molecular complexity index is 955. The zero-order chi connectivity index (χ0) is 19.2. The van der Waals surface area contributed by atoms with E-state index in [-0.39, 0.29) is 18.1 Å². The van der Waals surface area contributed by atoms with Crippen molar-refractivity contribution in [2.45, 2.75) is 12.5 Å². The third-order valence-electron chi connectivity index (χ3n) is 3.76. The highest BCUT2D eigenvalue weighted by Gasteiger charge is 2.27. The fourth-order valence-electron chi connectivity index (χ4n) is 2.50. The zero-order valence-corrected chi connectivity index (χ0v) is 14.1. The first kappa shape index (κ1) is 17.9. The van der Waals surface area contributed by atoms with Crippen molar-refractivity contribution in [2.24, 2.45) is 5.73 Å². The number of nitrogens with one attached hydrogen (secondary N) is 1. The second kappa shape index (κ2) is 8.00. The molecule has 0 aliphatic rings. The Balaban J connectivity index is 1.84. The maximum Gasteiger partial charge on any atom is 0.287 e. The fraction of sp³-hybridized carbons (Fsp3) is 0.111. The van der Waals surface area contributed by atoms with Crippen LogP contribution in [0.2, 0.25) is 0 Å². The number of carbonyl (C=O) groups is 3. The van der Waals surface area contributed by atoms with E-state index in [9.17, 15) is 14.4 Å². The van der Waals surface area contributed by atoms with Gasteiger partial charge in [-0.15, -0.1) is 0 Å². The molecule has 0 spiro atoms. The molecule has 1 unspecified atom stereocenters. The van der Waals surface area contributed by atoms with Crippen LogP contribution < -0.4 is 11.1 Å². The molecular formula is C18H16N6O3. The van der Waals surface area contributed by atoms with Crippen molar-refractivity contribution in [3.63, 3.8) is 0 Å². The van der Waals surface area contributed by atoms with Crippen LogP contribution in [0.3, 0.4) is 0 Å². The fourth-order valence-corrected chi connectivity index (χ4v) is 2.50. The van der Waals surface area contributed by atoms with E-state index in [1.165, 1.54) is 29.3 Å². The minimum Gasteiger partial charge on any atom is -0.363 e.